The van der Waals surface area contributed by atoms with E-state index >= 15 is 0 Å². The van der Waals surface area contributed by atoms with E-state index in [2.05, 4.69) is 10.3 Å². The molecule has 9 heteroatoms. The van der Waals surface area contributed by atoms with Gasteiger partial charge in [-0.1, -0.05) is 0 Å². The molecule has 1 atom stereocenters. The van der Waals surface area contributed by atoms with Crippen molar-refractivity contribution in [3.8, 4) is 0 Å². The van der Waals surface area contributed by atoms with Gasteiger partial charge in [-0.3, -0.25) is 9.89 Å². The van der Waals surface area contributed by atoms with Gasteiger partial charge < -0.3 is 14.8 Å². The molecule has 1 aromatic heterocycles. The predicted molar refractivity (Wildman–Crippen MR) is 104 cm³/mol. The average Bonchev–Trinajstić information content (AvgIpc) is 3.06. The molecule has 2 rings (SSSR count). The van der Waals surface area contributed by atoms with Crippen LogP contribution < -0.4 is 5.32 Å². The number of nitrogens with zero attached hydrogens (tertiary/aromatic N) is 4. The molecule has 144 valence electrons. The van der Waals surface area contributed by atoms with Crippen LogP contribution in [0.2, 0.25) is 0 Å². The van der Waals surface area contributed by atoms with Crippen LogP contribution in [0.3, 0.4) is 0 Å². The lowest BCUT2D eigenvalue weighted by molar-refractivity contribution is -0.143. The first kappa shape index (κ1) is 22.1. The van der Waals surface area contributed by atoms with E-state index in [1.807, 2.05) is 48.8 Å². The zero-order valence-corrected chi connectivity index (χ0v) is 17.2. The molecule has 1 saturated heterocycles. The Morgan fingerprint density at radius 1 is 1.44 bits per heavy atom. The smallest absolute Gasteiger partial charge is 0.353 e. The molecule has 0 aromatic carbocycles. The highest BCUT2D eigenvalue weighted by Crippen LogP contribution is 2.20. The first-order valence-electron chi connectivity index (χ1n) is 8.20. The van der Waals surface area contributed by atoms with E-state index in [4.69, 9.17) is 0 Å². The van der Waals surface area contributed by atoms with Crippen LogP contribution in [-0.2, 0) is 13.6 Å². The summed E-state index contributed by atoms with van der Waals surface area (Å²) in [5, 5.41) is 3.32. The minimum absolute atomic E-state index is 0. The standard InChI is InChI=1S/C16H26F3N5.HI/c1-4-20-15(23(3)11-14-6-5-8-22(14)2)21-13-7-9-24(10-13)12-16(17,18)19;/h5-6,8,13H,4,7,9-12H2,1-3H3,(H,20,21);1H. The molecule has 1 N–H and O–H groups in total. The summed E-state index contributed by atoms with van der Waals surface area (Å²) in [6, 6.07) is 4.02. The maximum atomic E-state index is 12.5. The number of rotatable bonds is 5. The monoisotopic (exact) mass is 473 g/mol. The van der Waals surface area contributed by atoms with Crippen molar-refractivity contribution in [1.82, 2.24) is 19.7 Å². The molecule has 0 bridgehead atoms. The largest absolute Gasteiger partial charge is 0.401 e. The molecule has 2 heterocycles. The second-order valence-electron chi connectivity index (χ2n) is 6.24. The molecule has 0 radical (unpaired) electrons. The summed E-state index contributed by atoms with van der Waals surface area (Å²) >= 11 is 0. The third-order valence-corrected chi connectivity index (χ3v) is 4.13. The third kappa shape index (κ3) is 7.04. The van der Waals surface area contributed by atoms with Crippen molar-refractivity contribution in [1.29, 1.82) is 0 Å². The predicted octanol–water partition coefficient (Wildman–Crippen LogP) is 2.68. The zero-order valence-electron chi connectivity index (χ0n) is 14.9. The molecule has 1 aliphatic rings. The van der Waals surface area contributed by atoms with E-state index in [0.29, 0.717) is 32.6 Å². The zero-order chi connectivity index (χ0) is 17.7. The fraction of sp³-hybridized carbons (Fsp3) is 0.688. The molecule has 1 unspecified atom stereocenters. The Hall–Kier alpha value is -0.970. The minimum atomic E-state index is -4.14. The molecule has 25 heavy (non-hydrogen) atoms. The highest BCUT2D eigenvalue weighted by Gasteiger charge is 2.34. The van der Waals surface area contributed by atoms with E-state index in [-0.39, 0.29) is 30.0 Å². The summed E-state index contributed by atoms with van der Waals surface area (Å²) in [4.78, 5) is 7.93. The minimum Gasteiger partial charge on any atom is -0.353 e. The molecular weight excluding hydrogens is 446 g/mol. The Balaban J connectivity index is 0.00000312. The Kier molecular flexibility index (Phi) is 8.52. The molecule has 0 amide bonds. The highest BCUT2D eigenvalue weighted by atomic mass is 127. The number of aliphatic imine (C=N–C) groups is 1. The quantitative estimate of drug-likeness (QED) is 0.406. The van der Waals surface area contributed by atoms with Gasteiger partial charge in [0.1, 0.15) is 0 Å². The summed E-state index contributed by atoms with van der Waals surface area (Å²) in [7, 11) is 3.93. The molecule has 1 aliphatic heterocycles. The van der Waals surface area contributed by atoms with E-state index in [1.165, 1.54) is 4.90 Å². The lowest BCUT2D eigenvalue weighted by Gasteiger charge is -2.26. The van der Waals surface area contributed by atoms with Crippen LogP contribution in [0.4, 0.5) is 13.2 Å². The Morgan fingerprint density at radius 2 is 2.16 bits per heavy atom. The number of likely N-dealkylation sites (tertiary alicyclic amines) is 1. The van der Waals surface area contributed by atoms with Crippen molar-refractivity contribution in [2.75, 3.05) is 33.2 Å². The number of nitrogens with one attached hydrogen (secondary N) is 1. The van der Waals surface area contributed by atoms with Crippen LogP contribution in [0.1, 0.15) is 19.0 Å². The number of aromatic nitrogens is 1. The van der Waals surface area contributed by atoms with Gasteiger partial charge in [0.15, 0.2) is 5.96 Å². The van der Waals surface area contributed by atoms with Crippen molar-refractivity contribution in [3.05, 3.63) is 24.0 Å². The lowest BCUT2D eigenvalue weighted by atomic mass is 10.2. The summed E-state index contributed by atoms with van der Waals surface area (Å²) in [6.07, 6.45) is -1.46. The normalized spacial score (nSPS) is 19.0. The van der Waals surface area contributed by atoms with Crippen LogP contribution in [0, 0.1) is 0 Å². The van der Waals surface area contributed by atoms with Crippen LogP contribution in [0.25, 0.3) is 0 Å². The third-order valence-electron chi connectivity index (χ3n) is 4.13. The van der Waals surface area contributed by atoms with Gasteiger partial charge in [0.2, 0.25) is 0 Å². The number of halogens is 4. The number of alkyl halides is 3. The molecule has 1 fully saturated rings. The second kappa shape index (κ2) is 9.65. The van der Waals surface area contributed by atoms with E-state index in [9.17, 15) is 13.2 Å². The second-order valence-corrected chi connectivity index (χ2v) is 6.24. The Bertz CT molecular complexity index is 558. The molecule has 1 aromatic rings. The van der Waals surface area contributed by atoms with Crippen LogP contribution in [0.15, 0.2) is 23.3 Å². The topological polar surface area (TPSA) is 35.8 Å². The van der Waals surface area contributed by atoms with Crippen LogP contribution in [0.5, 0.6) is 0 Å². The van der Waals surface area contributed by atoms with E-state index < -0.39 is 12.7 Å². The fourth-order valence-electron chi connectivity index (χ4n) is 2.94. The van der Waals surface area contributed by atoms with E-state index in [0.717, 1.165) is 11.7 Å². The molecule has 0 saturated carbocycles. The lowest BCUT2D eigenvalue weighted by Crippen LogP contribution is -2.46. The SMILES string of the molecule is CCN=C(NC1CCN(CC(F)(F)F)C1)N(C)Cc1cccn1C.I. The molecule has 0 spiro atoms. The fourth-order valence-corrected chi connectivity index (χ4v) is 2.94. The Morgan fingerprint density at radius 3 is 2.72 bits per heavy atom. The van der Waals surface area contributed by atoms with Gasteiger partial charge >= 0.3 is 6.18 Å². The number of aryl methyl sites for hydroxylation is 1. The van der Waals surface area contributed by atoms with Gasteiger partial charge in [0.05, 0.1) is 13.1 Å². The average molecular weight is 473 g/mol. The van der Waals surface area contributed by atoms with Crippen LogP contribution in [-0.4, -0.2) is 65.8 Å². The summed E-state index contributed by atoms with van der Waals surface area (Å²) < 4.78 is 39.5. The van der Waals surface area contributed by atoms with Gasteiger partial charge in [-0.25, -0.2) is 0 Å². The summed E-state index contributed by atoms with van der Waals surface area (Å²) in [5.41, 5.74) is 1.15. The van der Waals surface area contributed by atoms with Gasteiger partial charge in [-0.2, -0.15) is 13.2 Å². The van der Waals surface area contributed by atoms with Gasteiger partial charge in [0, 0.05) is 51.7 Å². The highest BCUT2D eigenvalue weighted by molar-refractivity contribution is 14.0. The van der Waals surface area contributed by atoms with Crippen molar-refractivity contribution in [2.45, 2.75) is 32.1 Å². The molecule has 5 nitrogen and oxygen atoms in total. The van der Waals surface area contributed by atoms with Crippen molar-refractivity contribution >= 4 is 29.9 Å². The number of hydrogen-bond donors (Lipinski definition) is 1. The molecule has 0 aliphatic carbocycles. The van der Waals surface area contributed by atoms with Gasteiger partial charge in [-0.15, -0.1) is 24.0 Å². The number of hydrogen-bond acceptors (Lipinski definition) is 2. The number of guanidine groups is 1. The maximum absolute atomic E-state index is 12.5. The first-order chi connectivity index (χ1) is 11.3. The van der Waals surface area contributed by atoms with Crippen molar-refractivity contribution in [2.24, 2.45) is 12.0 Å². The van der Waals surface area contributed by atoms with Crippen molar-refractivity contribution < 1.29 is 13.2 Å². The first-order valence-corrected chi connectivity index (χ1v) is 8.20. The van der Waals surface area contributed by atoms with Crippen molar-refractivity contribution in [3.63, 3.8) is 0 Å². The molecular formula is C16H27F3IN5. The maximum Gasteiger partial charge on any atom is 0.401 e. The van der Waals surface area contributed by atoms with Gasteiger partial charge in [0.25, 0.3) is 0 Å². The van der Waals surface area contributed by atoms with Crippen LogP contribution >= 0.6 is 24.0 Å². The summed E-state index contributed by atoms with van der Waals surface area (Å²) in [5.74, 6) is 0.734. The summed E-state index contributed by atoms with van der Waals surface area (Å²) in [6.45, 7) is 3.26. The Labute approximate surface area is 164 Å². The van der Waals surface area contributed by atoms with Gasteiger partial charge in [-0.05, 0) is 25.5 Å². The van der Waals surface area contributed by atoms with E-state index in [1.54, 1.807) is 0 Å².